The molecule has 0 radical (unpaired) electrons. The lowest BCUT2D eigenvalue weighted by Crippen LogP contribution is -2.54. The minimum absolute atomic E-state index is 0. The number of hydrogen-bond acceptors (Lipinski definition) is 6. The van der Waals surface area contributed by atoms with Crippen molar-refractivity contribution in [2.24, 2.45) is 11.8 Å². The largest absolute Gasteiger partial charge is 0.387 e. The van der Waals surface area contributed by atoms with E-state index in [9.17, 15) is 9.90 Å². The molecule has 3 aromatic rings. The van der Waals surface area contributed by atoms with Crippen LogP contribution in [-0.2, 0) is 43.4 Å². The molecule has 0 bridgehead atoms. The van der Waals surface area contributed by atoms with Gasteiger partial charge in [0.2, 0.25) is 0 Å². The van der Waals surface area contributed by atoms with Gasteiger partial charge in [-0.25, -0.2) is 0 Å². The van der Waals surface area contributed by atoms with Crippen LogP contribution in [0.4, 0.5) is 0 Å². The first-order valence-corrected chi connectivity index (χ1v) is 21.6. The fraction of sp³-hybridized carbons (Fsp3) is 0.262. The standard InChI is InChI=1S/C61H47NO6.24H2/c1-4-5-6-7-8-9-10-11-12-13-14-15-16-17-18-19-20-21-22-23-24-25-35-46-59(64)62-56(57(63)45-37-36-40-53-38-29-26-30-39-53)49-67-61-60(66-48-55-43-33-28-34-44-55)52(3)51(2)58(68-61)50-65-47-54-41-31-27-32-42-54;;;;;;;;;;;;;;;;;;;;;;;;/h26-34,37-39,41-45,51-52,56-58,60-61,63H,36,40,47-50H2,1-3H3,(H,62,64);24*1H/b45-37+;;;;;;;;;;;;;;;;;;;;;;;;/t51-,52+,56+,57-,58?,60?,61+;;;;;;;;;;;;;;;;;;;;;;;;/m1......................../s1. The van der Waals surface area contributed by atoms with Gasteiger partial charge in [-0.15, -0.1) is 0 Å². The second-order valence-corrected chi connectivity index (χ2v) is 14.5. The van der Waals surface area contributed by atoms with Crippen LogP contribution in [0.5, 0.6) is 0 Å². The summed E-state index contributed by atoms with van der Waals surface area (Å²) in [4.78, 5) is 13.1. The predicted molar refractivity (Wildman–Crippen MR) is 316 cm³/mol. The Morgan fingerprint density at radius 2 is 1.09 bits per heavy atom. The third-order valence-corrected chi connectivity index (χ3v) is 9.75. The fourth-order valence-corrected chi connectivity index (χ4v) is 6.12. The van der Waals surface area contributed by atoms with Crippen LogP contribution in [0.1, 0.15) is 78.1 Å². The molecule has 7 heteroatoms. The summed E-state index contributed by atoms with van der Waals surface area (Å²) in [6.45, 7) is 6.94. The summed E-state index contributed by atoms with van der Waals surface area (Å²) in [5.74, 6) is 60.1. The summed E-state index contributed by atoms with van der Waals surface area (Å²) >= 11 is 0. The molecule has 1 saturated heterocycles. The van der Waals surface area contributed by atoms with E-state index in [0.717, 1.165) is 17.5 Å². The smallest absolute Gasteiger partial charge is 0.297 e. The first-order chi connectivity index (χ1) is 33.4. The van der Waals surface area contributed by atoms with Gasteiger partial charge in [-0.1, -0.05) is 123 Å². The lowest BCUT2D eigenvalue weighted by molar-refractivity contribution is -0.291. The van der Waals surface area contributed by atoms with Crippen molar-refractivity contribution < 1.29 is 63.1 Å². The fourth-order valence-electron chi connectivity index (χ4n) is 6.12. The number of nitrogens with one attached hydrogen (secondary N) is 1. The van der Waals surface area contributed by atoms with Gasteiger partial charge in [0, 0.05) is 75.7 Å². The maximum absolute atomic E-state index is 13.1. The molecule has 4 rings (SSSR count). The summed E-state index contributed by atoms with van der Waals surface area (Å²) in [6, 6.07) is 29.0. The Bertz CT molecular complexity index is 3040. The minimum Gasteiger partial charge on any atom is -0.387 e. The Morgan fingerprint density at radius 3 is 1.59 bits per heavy atom. The highest BCUT2D eigenvalue weighted by atomic mass is 16.7. The molecule has 1 heterocycles. The molecule has 1 aliphatic heterocycles. The van der Waals surface area contributed by atoms with E-state index in [1.54, 1.807) is 13.0 Å². The van der Waals surface area contributed by atoms with Crippen LogP contribution < -0.4 is 5.32 Å². The molecule has 3 aromatic carbocycles. The maximum Gasteiger partial charge on any atom is 0.297 e. The van der Waals surface area contributed by atoms with Crippen molar-refractivity contribution in [3.63, 3.8) is 0 Å². The van der Waals surface area contributed by atoms with Crippen molar-refractivity contribution in [1.29, 1.82) is 0 Å². The molecule has 0 aromatic heterocycles. The minimum atomic E-state index is -1.12. The van der Waals surface area contributed by atoms with E-state index in [-0.39, 0.29) is 58.8 Å². The average Bonchev–Trinajstić information content (AvgIpc) is 3.36. The van der Waals surface area contributed by atoms with E-state index in [2.05, 4.69) is 173 Å². The molecule has 7 atom stereocenters. The number of hydrogen-bond donors (Lipinski definition) is 2. The maximum atomic E-state index is 13.1. The van der Waals surface area contributed by atoms with Crippen LogP contribution in [-0.4, -0.2) is 54.9 Å². The molecule has 0 spiro atoms. The summed E-state index contributed by atoms with van der Waals surface area (Å²) in [7, 11) is 0. The monoisotopic (exact) mass is 938 g/mol. The van der Waals surface area contributed by atoms with Crippen molar-refractivity contribution >= 4 is 5.91 Å². The van der Waals surface area contributed by atoms with Crippen molar-refractivity contribution in [3.05, 3.63) is 120 Å². The van der Waals surface area contributed by atoms with E-state index in [1.165, 1.54) is 5.56 Å². The molecule has 0 aliphatic carbocycles. The third kappa shape index (κ3) is 21.8. The zero-order valence-electron chi connectivity index (χ0n) is 38.1. The van der Waals surface area contributed by atoms with Gasteiger partial charge in [0.05, 0.1) is 44.7 Å². The number of ether oxygens (including phenoxy) is 4. The summed E-state index contributed by atoms with van der Waals surface area (Å²) in [5, 5.41) is 14.2. The van der Waals surface area contributed by atoms with E-state index in [0.29, 0.717) is 26.2 Å². The second kappa shape index (κ2) is 33.0. The molecule has 2 N–H and O–H groups in total. The molecule has 1 amide bonds. The number of allylic oxidation sites excluding steroid dienone is 1. The summed E-state index contributed by atoms with van der Waals surface area (Å²) in [5.41, 5.74) is 3.24. The summed E-state index contributed by atoms with van der Waals surface area (Å²) < 4.78 is 25.7. The van der Waals surface area contributed by atoms with Crippen molar-refractivity contribution in [3.8, 4) is 142 Å². The van der Waals surface area contributed by atoms with Gasteiger partial charge in [0.25, 0.3) is 5.91 Å². The summed E-state index contributed by atoms with van der Waals surface area (Å²) in [6.07, 6.45) is 2.28. The average molecular weight is 938 g/mol. The van der Waals surface area contributed by atoms with Gasteiger partial charge in [0.1, 0.15) is 6.10 Å². The highest BCUT2D eigenvalue weighted by molar-refractivity contribution is 5.94. The van der Waals surface area contributed by atoms with Gasteiger partial charge >= 0.3 is 0 Å². The van der Waals surface area contributed by atoms with E-state index in [4.69, 9.17) is 18.9 Å². The molecule has 68 heavy (non-hydrogen) atoms. The second-order valence-electron chi connectivity index (χ2n) is 14.5. The van der Waals surface area contributed by atoms with Crippen LogP contribution in [0.3, 0.4) is 0 Å². The van der Waals surface area contributed by atoms with Gasteiger partial charge in [-0.05, 0) is 143 Å². The quantitative estimate of drug-likeness (QED) is 0.110. The normalized spacial score (nSPS) is 16.5. The number of aryl methyl sites for hydroxylation is 1. The topological polar surface area (TPSA) is 86.3 Å². The zero-order chi connectivity index (χ0) is 48.1. The Morgan fingerprint density at radius 1 is 0.632 bits per heavy atom. The third-order valence-electron chi connectivity index (χ3n) is 9.75. The first kappa shape index (κ1) is 52.0. The van der Waals surface area contributed by atoms with Crippen molar-refractivity contribution in [1.82, 2.24) is 5.32 Å². The highest BCUT2D eigenvalue weighted by Gasteiger charge is 2.43. The van der Waals surface area contributed by atoms with Crippen molar-refractivity contribution in [2.75, 3.05) is 13.2 Å². The number of aliphatic hydroxyl groups excluding tert-OH is 1. The Labute approximate surface area is 438 Å². The van der Waals surface area contributed by atoms with Crippen molar-refractivity contribution in [2.45, 2.75) is 77.5 Å². The number of aliphatic hydroxyl groups is 1. The molecule has 1 aliphatic rings. The van der Waals surface area contributed by atoms with E-state index < -0.39 is 30.4 Å². The van der Waals surface area contributed by atoms with Crippen LogP contribution in [0, 0.1) is 154 Å². The zero-order valence-corrected chi connectivity index (χ0v) is 38.1. The number of benzene rings is 3. The first-order valence-electron chi connectivity index (χ1n) is 21.6. The van der Waals surface area contributed by atoms with Gasteiger partial charge in [-0.3, -0.25) is 4.79 Å². The lowest BCUT2D eigenvalue weighted by Gasteiger charge is -2.44. The molecule has 7 nitrogen and oxygen atoms in total. The molecule has 0 saturated carbocycles. The van der Waals surface area contributed by atoms with E-state index in [1.807, 2.05) is 84.9 Å². The van der Waals surface area contributed by atoms with Crippen LogP contribution in [0.25, 0.3) is 0 Å². The molecular weight excluding hydrogens is 843 g/mol. The molecular formula is C61H95NO6. The predicted octanol–water partition coefficient (Wildman–Crippen LogP) is 11.8. The van der Waals surface area contributed by atoms with Gasteiger partial charge in [-0.2, -0.15) is 0 Å². The van der Waals surface area contributed by atoms with Crippen LogP contribution in [0.15, 0.2) is 103 Å². The SMILES string of the molecule is CC#CC#CC#CC#CC#CC#CC#CC#CC#CC#CC#CC#CC(=O)N[C@@H](CO[C@H]1OC(COCc2ccccc2)[C@H](C)[C@H](C)C1OCc1ccccc1)[C@H](O)/C=C/CCc1ccccc1.[HH].[HH].[HH].[HH].[HH].[HH].[HH].[HH].[HH].[HH].[HH].[HH].[HH].[HH].[HH].[HH].[HH].[HH].[HH].[HH].[HH].[HH].[HH].[HH]. The van der Waals surface area contributed by atoms with Gasteiger partial charge < -0.3 is 29.4 Å². The lowest BCUT2D eigenvalue weighted by atomic mass is 9.83. The number of amides is 1. The Hall–Kier alpha value is -8.61. The molecule has 380 valence electrons. The number of carbonyl (C=O) groups excluding carboxylic acids is 1. The molecule has 2 unspecified atom stereocenters. The van der Waals surface area contributed by atoms with E-state index >= 15 is 0 Å². The van der Waals surface area contributed by atoms with Gasteiger partial charge in [0.15, 0.2) is 6.29 Å². The Kier molecular flexibility index (Phi) is 25.2. The molecule has 1 fully saturated rings. The Balaban J connectivity index is -0.000000111. The van der Waals surface area contributed by atoms with Crippen LogP contribution in [0.2, 0.25) is 0 Å². The number of carbonyl (C=O) groups is 1. The highest BCUT2D eigenvalue weighted by Crippen LogP contribution is 2.34. The van der Waals surface area contributed by atoms with Crippen LogP contribution >= 0.6 is 0 Å². The number of rotatable bonds is 16.